The summed E-state index contributed by atoms with van der Waals surface area (Å²) in [6.45, 7) is 5.25. The van der Waals surface area contributed by atoms with Crippen LogP contribution in [0.5, 0.6) is 5.75 Å². The molecule has 0 saturated carbocycles. The maximum Gasteiger partial charge on any atom is 0.255 e. The quantitative estimate of drug-likeness (QED) is 0.829. The Bertz CT molecular complexity index is 914. The summed E-state index contributed by atoms with van der Waals surface area (Å²) in [6.07, 6.45) is 1.04. The van der Waals surface area contributed by atoms with E-state index in [9.17, 15) is 13.2 Å². The SMILES string of the molecule is COc1ccc(C(=O)Nc2ccc(S(=O)(=O)N3C[C@@H](C)C[C@H](C)C3)cc2)cc1. The van der Waals surface area contributed by atoms with Crippen LogP contribution >= 0.6 is 0 Å². The van der Waals surface area contributed by atoms with Crippen molar-refractivity contribution >= 4 is 21.6 Å². The van der Waals surface area contributed by atoms with Crippen molar-refractivity contribution in [2.45, 2.75) is 25.2 Å². The number of anilines is 1. The molecule has 1 amide bonds. The van der Waals surface area contributed by atoms with Gasteiger partial charge in [0.25, 0.3) is 5.91 Å². The minimum atomic E-state index is -3.53. The summed E-state index contributed by atoms with van der Waals surface area (Å²) in [5.41, 5.74) is 1.04. The number of ether oxygens (including phenoxy) is 1. The summed E-state index contributed by atoms with van der Waals surface area (Å²) in [5, 5.41) is 2.78. The van der Waals surface area contributed by atoms with E-state index in [0.717, 1.165) is 6.42 Å². The highest BCUT2D eigenvalue weighted by molar-refractivity contribution is 7.89. The third kappa shape index (κ3) is 4.54. The van der Waals surface area contributed by atoms with Gasteiger partial charge in [-0.25, -0.2) is 8.42 Å². The van der Waals surface area contributed by atoms with Crippen LogP contribution in [0.1, 0.15) is 30.6 Å². The van der Waals surface area contributed by atoms with Gasteiger partial charge in [-0.05, 0) is 66.8 Å². The molecular formula is C21H26N2O4S. The molecule has 0 aliphatic carbocycles. The molecule has 0 aromatic heterocycles. The first-order valence-corrected chi connectivity index (χ1v) is 10.8. The normalized spacial score (nSPS) is 20.5. The van der Waals surface area contributed by atoms with Crippen molar-refractivity contribution in [1.29, 1.82) is 0 Å². The van der Waals surface area contributed by atoms with Crippen LogP contribution in [0.2, 0.25) is 0 Å². The predicted octanol–water partition coefficient (Wildman–Crippen LogP) is 3.61. The molecule has 0 radical (unpaired) electrons. The van der Waals surface area contributed by atoms with Crippen LogP contribution < -0.4 is 10.1 Å². The number of nitrogens with one attached hydrogen (secondary N) is 1. The standard InChI is InChI=1S/C21H26N2O4S/c1-15-12-16(2)14-23(13-15)28(25,26)20-10-6-18(7-11-20)22-21(24)17-4-8-19(27-3)9-5-17/h4-11,15-16H,12-14H2,1-3H3,(H,22,24)/t15-,16-/m0/s1. The van der Waals surface area contributed by atoms with E-state index >= 15 is 0 Å². The van der Waals surface area contributed by atoms with Gasteiger partial charge in [0, 0.05) is 24.3 Å². The fourth-order valence-corrected chi connectivity index (χ4v) is 5.29. The molecule has 3 rings (SSSR count). The molecule has 6 nitrogen and oxygen atoms in total. The second-order valence-electron chi connectivity index (χ2n) is 7.48. The average molecular weight is 403 g/mol. The number of carbonyl (C=O) groups is 1. The number of methoxy groups -OCH3 is 1. The molecule has 1 fully saturated rings. The molecule has 0 bridgehead atoms. The summed E-state index contributed by atoms with van der Waals surface area (Å²) < 4.78 is 32.5. The number of hydrogen-bond acceptors (Lipinski definition) is 4. The minimum Gasteiger partial charge on any atom is -0.497 e. The van der Waals surface area contributed by atoms with Crippen molar-refractivity contribution in [2.24, 2.45) is 11.8 Å². The molecule has 150 valence electrons. The molecule has 1 heterocycles. The molecule has 1 aliphatic rings. The van der Waals surface area contributed by atoms with Crippen LogP contribution in [0.15, 0.2) is 53.4 Å². The van der Waals surface area contributed by atoms with E-state index in [-0.39, 0.29) is 10.8 Å². The third-order valence-electron chi connectivity index (χ3n) is 4.94. The second-order valence-corrected chi connectivity index (χ2v) is 9.41. The highest BCUT2D eigenvalue weighted by Crippen LogP contribution is 2.27. The van der Waals surface area contributed by atoms with Crippen LogP contribution in [-0.4, -0.2) is 38.8 Å². The molecule has 0 unspecified atom stereocenters. The Hall–Kier alpha value is -2.38. The lowest BCUT2D eigenvalue weighted by atomic mass is 9.94. The summed E-state index contributed by atoms with van der Waals surface area (Å²) in [5.74, 6) is 1.10. The van der Waals surface area contributed by atoms with Crippen LogP contribution in [0.4, 0.5) is 5.69 Å². The van der Waals surface area contributed by atoms with Gasteiger partial charge in [-0.1, -0.05) is 13.8 Å². The Kier molecular flexibility index (Phi) is 6.05. The third-order valence-corrected chi connectivity index (χ3v) is 6.78. The molecule has 1 N–H and O–H groups in total. The maximum absolute atomic E-state index is 12.9. The zero-order valence-corrected chi connectivity index (χ0v) is 17.2. The first kappa shape index (κ1) is 20.4. The first-order valence-electron chi connectivity index (χ1n) is 9.35. The molecule has 2 aromatic carbocycles. The van der Waals surface area contributed by atoms with Crippen LogP contribution in [0.3, 0.4) is 0 Å². The van der Waals surface area contributed by atoms with Gasteiger partial charge in [-0.3, -0.25) is 4.79 Å². The number of piperidine rings is 1. The summed E-state index contributed by atoms with van der Waals surface area (Å²) in [6, 6.07) is 13.1. The minimum absolute atomic E-state index is 0.247. The molecule has 28 heavy (non-hydrogen) atoms. The van der Waals surface area contributed by atoms with Gasteiger partial charge in [-0.15, -0.1) is 0 Å². The summed E-state index contributed by atoms with van der Waals surface area (Å²) in [7, 11) is -1.96. The predicted molar refractivity (Wildman–Crippen MR) is 109 cm³/mol. The Balaban J connectivity index is 1.71. The number of carbonyl (C=O) groups excluding carboxylic acids is 1. The largest absolute Gasteiger partial charge is 0.497 e. The lowest BCUT2D eigenvalue weighted by Gasteiger charge is -2.34. The highest BCUT2D eigenvalue weighted by atomic mass is 32.2. The number of amides is 1. The van der Waals surface area contributed by atoms with Gasteiger partial charge in [0.2, 0.25) is 10.0 Å². The molecule has 7 heteroatoms. The van der Waals surface area contributed by atoms with Crippen molar-refractivity contribution in [3.05, 3.63) is 54.1 Å². The fourth-order valence-electron chi connectivity index (χ4n) is 3.61. The van der Waals surface area contributed by atoms with Gasteiger partial charge in [0.15, 0.2) is 0 Å². The van der Waals surface area contributed by atoms with Crippen LogP contribution in [0.25, 0.3) is 0 Å². The van der Waals surface area contributed by atoms with Gasteiger partial charge in [0.05, 0.1) is 12.0 Å². The van der Waals surface area contributed by atoms with Crippen molar-refractivity contribution < 1.29 is 17.9 Å². The van der Waals surface area contributed by atoms with E-state index in [4.69, 9.17) is 4.74 Å². The monoisotopic (exact) mass is 402 g/mol. The Morgan fingerprint density at radius 2 is 1.57 bits per heavy atom. The smallest absolute Gasteiger partial charge is 0.255 e. The van der Waals surface area contributed by atoms with Crippen molar-refractivity contribution in [1.82, 2.24) is 4.31 Å². The van der Waals surface area contributed by atoms with Gasteiger partial charge in [0.1, 0.15) is 5.75 Å². The van der Waals surface area contributed by atoms with E-state index in [0.29, 0.717) is 41.9 Å². The zero-order valence-electron chi connectivity index (χ0n) is 16.4. The summed E-state index contributed by atoms with van der Waals surface area (Å²) in [4.78, 5) is 12.6. The van der Waals surface area contributed by atoms with E-state index in [2.05, 4.69) is 19.2 Å². The Morgan fingerprint density at radius 3 is 2.11 bits per heavy atom. The molecule has 1 aliphatic heterocycles. The van der Waals surface area contributed by atoms with E-state index < -0.39 is 10.0 Å². The van der Waals surface area contributed by atoms with E-state index in [1.54, 1.807) is 59.9 Å². The van der Waals surface area contributed by atoms with Gasteiger partial charge < -0.3 is 10.1 Å². The topological polar surface area (TPSA) is 75.7 Å². The molecule has 2 atom stereocenters. The van der Waals surface area contributed by atoms with Gasteiger partial charge >= 0.3 is 0 Å². The van der Waals surface area contributed by atoms with Crippen LogP contribution in [-0.2, 0) is 10.0 Å². The van der Waals surface area contributed by atoms with E-state index in [1.807, 2.05) is 0 Å². The summed E-state index contributed by atoms with van der Waals surface area (Å²) >= 11 is 0. The molecule has 2 aromatic rings. The molecular weight excluding hydrogens is 376 g/mol. The fraction of sp³-hybridized carbons (Fsp3) is 0.381. The van der Waals surface area contributed by atoms with Crippen molar-refractivity contribution in [3.63, 3.8) is 0 Å². The van der Waals surface area contributed by atoms with E-state index in [1.165, 1.54) is 0 Å². The van der Waals surface area contributed by atoms with Crippen molar-refractivity contribution in [3.8, 4) is 5.75 Å². The first-order chi connectivity index (χ1) is 13.3. The Labute approximate surface area is 166 Å². The second kappa shape index (κ2) is 8.32. The lowest BCUT2D eigenvalue weighted by Crippen LogP contribution is -2.42. The number of sulfonamides is 1. The maximum atomic E-state index is 12.9. The average Bonchev–Trinajstić information content (AvgIpc) is 2.67. The number of benzene rings is 2. The Morgan fingerprint density at radius 1 is 1.00 bits per heavy atom. The zero-order chi connectivity index (χ0) is 20.3. The van der Waals surface area contributed by atoms with Crippen molar-refractivity contribution in [2.75, 3.05) is 25.5 Å². The highest BCUT2D eigenvalue weighted by Gasteiger charge is 2.31. The number of nitrogens with zero attached hydrogens (tertiary/aromatic N) is 1. The van der Waals surface area contributed by atoms with Gasteiger partial charge in [-0.2, -0.15) is 4.31 Å². The lowest BCUT2D eigenvalue weighted by molar-refractivity contribution is 0.102. The van der Waals surface area contributed by atoms with Crippen LogP contribution in [0, 0.1) is 11.8 Å². The molecule has 1 saturated heterocycles. The number of hydrogen-bond donors (Lipinski definition) is 1. The number of rotatable bonds is 5. The molecule has 0 spiro atoms.